The summed E-state index contributed by atoms with van der Waals surface area (Å²) in [4.78, 5) is 26.5. The van der Waals surface area contributed by atoms with Crippen molar-refractivity contribution < 1.29 is 14.7 Å². The number of aromatic hydroxyl groups is 1. The molecular weight excluding hydrogens is 399 g/mol. The maximum absolute atomic E-state index is 12.4. The van der Waals surface area contributed by atoms with Gasteiger partial charge in [0.25, 0.3) is 0 Å². The number of piperidine rings is 1. The lowest BCUT2D eigenvalue weighted by atomic mass is 9.95. The van der Waals surface area contributed by atoms with Gasteiger partial charge in [-0.05, 0) is 54.8 Å². The minimum Gasteiger partial charge on any atom is -0.506 e. The third-order valence-electron chi connectivity index (χ3n) is 4.70. The zero-order valence-corrected chi connectivity index (χ0v) is 16.6. The summed E-state index contributed by atoms with van der Waals surface area (Å²) in [5.74, 6) is -0.436. The molecule has 5 nitrogen and oxygen atoms in total. The number of benzene rings is 2. The van der Waals surface area contributed by atoms with Crippen molar-refractivity contribution in [1.29, 1.82) is 0 Å². The fourth-order valence-corrected chi connectivity index (χ4v) is 3.45. The number of anilines is 1. The van der Waals surface area contributed by atoms with Crippen molar-refractivity contribution in [3.63, 3.8) is 0 Å². The molecule has 2 N–H and O–H groups in total. The first-order valence-electron chi connectivity index (χ1n) is 8.95. The van der Waals surface area contributed by atoms with Crippen molar-refractivity contribution in [1.82, 2.24) is 4.90 Å². The number of amides is 2. The molecule has 0 saturated carbocycles. The molecule has 7 heteroatoms. The van der Waals surface area contributed by atoms with E-state index in [1.165, 1.54) is 12.1 Å². The Labute approximate surface area is 173 Å². The number of nitrogens with one attached hydrogen (secondary N) is 1. The summed E-state index contributed by atoms with van der Waals surface area (Å²) in [7, 11) is 0. The van der Waals surface area contributed by atoms with Crippen LogP contribution in [0.25, 0.3) is 6.08 Å². The number of nitrogens with zero attached hydrogens (tertiary/aromatic N) is 1. The second-order valence-corrected chi connectivity index (χ2v) is 7.45. The molecule has 0 atom stereocenters. The van der Waals surface area contributed by atoms with Gasteiger partial charge < -0.3 is 15.3 Å². The van der Waals surface area contributed by atoms with Crippen LogP contribution in [0, 0.1) is 5.92 Å². The molecule has 0 unspecified atom stereocenters. The third-order valence-corrected chi connectivity index (χ3v) is 5.28. The highest BCUT2D eigenvalue weighted by atomic mass is 35.5. The van der Waals surface area contributed by atoms with Crippen molar-refractivity contribution in [2.75, 3.05) is 18.4 Å². The molecule has 1 heterocycles. The first-order valence-corrected chi connectivity index (χ1v) is 9.70. The average Bonchev–Trinajstić information content (AvgIpc) is 2.70. The van der Waals surface area contributed by atoms with Crippen molar-refractivity contribution in [2.45, 2.75) is 12.8 Å². The van der Waals surface area contributed by atoms with Crippen LogP contribution in [-0.2, 0) is 9.59 Å². The highest BCUT2D eigenvalue weighted by molar-refractivity contribution is 6.34. The van der Waals surface area contributed by atoms with Crippen LogP contribution in [0.2, 0.25) is 10.0 Å². The quantitative estimate of drug-likeness (QED) is 0.563. The number of para-hydroxylation sites is 2. The normalized spacial score (nSPS) is 15.0. The fourth-order valence-electron chi connectivity index (χ4n) is 3.09. The van der Waals surface area contributed by atoms with Gasteiger partial charge in [-0.3, -0.25) is 9.59 Å². The van der Waals surface area contributed by atoms with E-state index < -0.39 is 0 Å². The molecular formula is C21H20Cl2N2O3. The molecule has 0 bridgehead atoms. The Morgan fingerprint density at radius 1 is 1.11 bits per heavy atom. The molecule has 1 aliphatic rings. The number of carbonyl (C=O) groups is 2. The maximum atomic E-state index is 12.4. The first kappa shape index (κ1) is 20.2. The Kier molecular flexibility index (Phi) is 6.60. The molecule has 146 valence electrons. The summed E-state index contributed by atoms with van der Waals surface area (Å²) in [6, 6.07) is 11.7. The molecule has 1 fully saturated rings. The maximum Gasteiger partial charge on any atom is 0.246 e. The average molecular weight is 419 g/mol. The smallest absolute Gasteiger partial charge is 0.246 e. The summed E-state index contributed by atoms with van der Waals surface area (Å²) < 4.78 is 0. The van der Waals surface area contributed by atoms with E-state index in [0.29, 0.717) is 47.2 Å². The van der Waals surface area contributed by atoms with Gasteiger partial charge in [0.15, 0.2) is 0 Å². The van der Waals surface area contributed by atoms with E-state index in [2.05, 4.69) is 5.32 Å². The van der Waals surface area contributed by atoms with Crippen LogP contribution in [0.3, 0.4) is 0 Å². The molecule has 0 spiro atoms. The monoisotopic (exact) mass is 418 g/mol. The highest BCUT2D eigenvalue weighted by Crippen LogP contribution is 2.25. The number of likely N-dealkylation sites (tertiary alicyclic amines) is 1. The van der Waals surface area contributed by atoms with Crippen LogP contribution >= 0.6 is 23.2 Å². The second-order valence-electron chi connectivity index (χ2n) is 6.61. The molecule has 3 rings (SSSR count). The number of rotatable bonds is 4. The molecule has 1 saturated heterocycles. The lowest BCUT2D eigenvalue weighted by Crippen LogP contribution is -2.40. The van der Waals surface area contributed by atoms with Crippen LogP contribution in [0.1, 0.15) is 18.4 Å². The highest BCUT2D eigenvalue weighted by Gasteiger charge is 2.27. The zero-order chi connectivity index (χ0) is 20.1. The first-order chi connectivity index (χ1) is 13.4. The molecule has 2 aromatic rings. The lowest BCUT2D eigenvalue weighted by Gasteiger charge is -2.30. The summed E-state index contributed by atoms with van der Waals surface area (Å²) in [5.41, 5.74) is 1.08. The third kappa shape index (κ3) is 5.06. The van der Waals surface area contributed by atoms with E-state index in [9.17, 15) is 14.7 Å². The molecule has 2 amide bonds. The van der Waals surface area contributed by atoms with Crippen LogP contribution in [0.15, 0.2) is 48.5 Å². The Morgan fingerprint density at radius 3 is 2.54 bits per heavy atom. The second kappa shape index (κ2) is 9.13. The van der Waals surface area contributed by atoms with Gasteiger partial charge in [0, 0.05) is 35.1 Å². The molecule has 0 radical (unpaired) electrons. The van der Waals surface area contributed by atoms with Crippen molar-refractivity contribution >= 4 is 46.8 Å². The van der Waals surface area contributed by atoms with E-state index in [1.807, 2.05) is 0 Å². The van der Waals surface area contributed by atoms with Crippen molar-refractivity contribution in [3.05, 3.63) is 64.1 Å². The lowest BCUT2D eigenvalue weighted by molar-refractivity contribution is -0.130. The molecule has 28 heavy (non-hydrogen) atoms. The van der Waals surface area contributed by atoms with Crippen LogP contribution < -0.4 is 5.32 Å². The number of carbonyl (C=O) groups excluding carboxylic acids is 2. The number of halogens is 2. The SMILES string of the molecule is O=C(Nc1ccccc1O)C1CCN(C(=O)/C=C/c2cc(Cl)ccc2Cl)CC1. The van der Waals surface area contributed by atoms with Gasteiger partial charge in [-0.1, -0.05) is 35.3 Å². The predicted molar refractivity (Wildman–Crippen MR) is 112 cm³/mol. The van der Waals surface area contributed by atoms with Gasteiger partial charge in [-0.25, -0.2) is 0 Å². The van der Waals surface area contributed by atoms with Gasteiger partial charge in [0.2, 0.25) is 11.8 Å². The van der Waals surface area contributed by atoms with Crippen LogP contribution in [-0.4, -0.2) is 34.9 Å². The Hall–Kier alpha value is -2.50. The minimum absolute atomic E-state index is 0.0354. The summed E-state index contributed by atoms with van der Waals surface area (Å²) in [5, 5.41) is 13.6. The summed E-state index contributed by atoms with van der Waals surface area (Å²) >= 11 is 12.1. The minimum atomic E-state index is -0.199. The van der Waals surface area contributed by atoms with Crippen LogP contribution in [0.4, 0.5) is 5.69 Å². The summed E-state index contributed by atoms with van der Waals surface area (Å²) in [6.07, 6.45) is 4.25. The molecule has 1 aliphatic heterocycles. The van der Waals surface area contributed by atoms with E-state index in [1.54, 1.807) is 47.4 Å². The van der Waals surface area contributed by atoms with E-state index in [-0.39, 0.29) is 23.5 Å². The summed E-state index contributed by atoms with van der Waals surface area (Å²) in [6.45, 7) is 0.983. The molecule has 0 aliphatic carbocycles. The Bertz CT molecular complexity index is 906. The molecule has 0 aromatic heterocycles. The van der Waals surface area contributed by atoms with Crippen LogP contribution in [0.5, 0.6) is 5.75 Å². The van der Waals surface area contributed by atoms with E-state index >= 15 is 0 Å². The van der Waals surface area contributed by atoms with Gasteiger partial charge in [0.1, 0.15) is 5.75 Å². The number of phenols is 1. The van der Waals surface area contributed by atoms with Crippen molar-refractivity contribution in [3.8, 4) is 5.75 Å². The topological polar surface area (TPSA) is 69.6 Å². The van der Waals surface area contributed by atoms with E-state index in [0.717, 1.165) is 0 Å². The number of hydrogen-bond donors (Lipinski definition) is 2. The van der Waals surface area contributed by atoms with Gasteiger partial charge in [-0.15, -0.1) is 0 Å². The number of phenolic OH excluding ortho intramolecular Hbond substituents is 1. The van der Waals surface area contributed by atoms with Gasteiger partial charge in [0.05, 0.1) is 5.69 Å². The van der Waals surface area contributed by atoms with Crippen molar-refractivity contribution in [2.24, 2.45) is 5.92 Å². The van der Waals surface area contributed by atoms with E-state index in [4.69, 9.17) is 23.2 Å². The van der Waals surface area contributed by atoms with Gasteiger partial charge in [-0.2, -0.15) is 0 Å². The Balaban J connectivity index is 1.54. The van der Waals surface area contributed by atoms with Gasteiger partial charge >= 0.3 is 0 Å². The molecule has 2 aromatic carbocycles. The fraction of sp³-hybridized carbons (Fsp3) is 0.238. The number of hydrogen-bond acceptors (Lipinski definition) is 3. The standard InChI is InChI=1S/C21H20Cl2N2O3/c22-16-6-7-17(23)15(13-16)5-8-20(27)25-11-9-14(10-12-25)21(28)24-18-3-1-2-4-19(18)26/h1-8,13-14,26H,9-12H2,(H,24,28)/b8-5+. The Morgan fingerprint density at radius 2 is 1.82 bits per heavy atom. The largest absolute Gasteiger partial charge is 0.506 e. The predicted octanol–water partition coefficient (Wildman–Crippen LogP) is 4.59. The zero-order valence-electron chi connectivity index (χ0n) is 15.1.